The van der Waals surface area contributed by atoms with E-state index in [-0.39, 0.29) is 23.9 Å². The fourth-order valence-electron chi connectivity index (χ4n) is 1.45. The van der Waals surface area contributed by atoms with Crippen LogP contribution in [0.3, 0.4) is 0 Å². The highest BCUT2D eigenvalue weighted by atomic mass is 19.3. The molecule has 0 heterocycles. The maximum atomic E-state index is 12.3. The van der Waals surface area contributed by atoms with Crippen LogP contribution in [0.1, 0.15) is 30.9 Å². The lowest BCUT2D eigenvalue weighted by Gasteiger charge is -2.12. The minimum Gasteiger partial charge on any atom is -0.370 e. The standard InChI is InChI=1S/C12H16F2N2O/c1-8(6-11(15)17)16-7-9-2-4-10(5-3-9)12(13)14/h2-5,8,12,16H,6-7H2,1H3,(H2,15,17). The van der Waals surface area contributed by atoms with E-state index in [1.54, 1.807) is 12.1 Å². The minimum absolute atomic E-state index is 0.0129. The van der Waals surface area contributed by atoms with Crippen LogP contribution < -0.4 is 11.1 Å². The Bertz CT molecular complexity index is 365. The van der Waals surface area contributed by atoms with Gasteiger partial charge in [0.25, 0.3) is 6.43 Å². The number of nitrogens with one attached hydrogen (secondary N) is 1. The maximum Gasteiger partial charge on any atom is 0.263 e. The highest BCUT2D eigenvalue weighted by Crippen LogP contribution is 2.18. The average molecular weight is 242 g/mol. The fraction of sp³-hybridized carbons (Fsp3) is 0.417. The Labute approximate surface area is 99.0 Å². The van der Waals surface area contributed by atoms with E-state index in [0.29, 0.717) is 6.54 Å². The minimum atomic E-state index is -2.44. The molecule has 94 valence electrons. The molecule has 0 aliphatic carbocycles. The number of primary amides is 1. The molecule has 0 aliphatic rings. The van der Waals surface area contributed by atoms with Crippen molar-refractivity contribution in [2.75, 3.05) is 0 Å². The number of amides is 1. The summed E-state index contributed by atoms with van der Waals surface area (Å²) in [6.07, 6.45) is -2.18. The van der Waals surface area contributed by atoms with Gasteiger partial charge in [0, 0.05) is 24.6 Å². The molecule has 3 N–H and O–H groups in total. The van der Waals surface area contributed by atoms with Gasteiger partial charge in [-0.25, -0.2) is 8.78 Å². The summed E-state index contributed by atoms with van der Waals surface area (Å²) < 4.78 is 24.6. The first kappa shape index (κ1) is 13.6. The summed E-state index contributed by atoms with van der Waals surface area (Å²) in [4.78, 5) is 10.6. The van der Waals surface area contributed by atoms with Crippen molar-refractivity contribution in [3.63, 3.8) is 0 Å². The van der Waals surface area contributed by atoms with Gasteiger partial charge in [-0.15, -0.1) is 0 Å². The zero-order valence-electron chi connectivity index (χ0n) is 9.62. The average Bonchev–Trinajstić information content (AvgIpc) is 2.26. The lowest BCUT2D eigenvalue weighted by Crippen LogP contribution is -2.30. The van der Waals surface area contributed by atoms with Crippen LogP contribution in [0, 0.1) is 0 Å². The van der Waals surface area contributed by atoms with Gasteiger partial charge in [0.15, 0.2) is 0 Å². The molecule has 1 atom stereocenters. The molecule has 1 rings (SSSR count). The molecule has 0 bridgehead atoms. The Morgan fingerprint density at radius 1 is 1.35 bits per heavy atom. The summed E-state index contributed by atoms with van der Waals surface area (Å²) in [6, 6.07) is 6.07. The number of hydrogen-bond donors (Lipinski definition) is 2. The third-order valence-corrected chi connectivity index (χ3v) is 2.39. The zero-order valence-corrected chi connectivity index (χ0v) is 9.62. The van der Waals surface area contributed by atoms with E-state index < -0.39 is 6.43 Å². The largest absolute Gasteiger partial charge is 0.370 e. The van der Waals surface area contributed by atoms with Crippen LogP contribution in [0.2, 0.25) is 0 Å². The third kappa shape index (κ3) is 4.91. The Morgan fingerprint density at radius 3 is 2.41 bits per heavy atom. The number of alkyl halides is 2. The Kier molecular flexibility index (Phi) is 5.03. The van der Waals surface area contributed by atoms with Crippen LogP contribution in [0.25, 0.3) is 0 Å². The van der Waals surface area contributed by atoms with Gasteiger partial charge in [-0.1, -0.05) is 24.3 Å². The maximum absolute atomic E-state index is 12.3. The summed E-state index contributed by atoms with van der Waals surface area (Å²) in [7, 11) is 0. The van der Waals surface area contributed by atoms with Crippen molar-refractivity contribution in [3.05, 3.63) is 35.4 Å². The van der Waals surface area contributed by atoms with Crippen molar-refractivity contribution in [3.8, 4) is 0 Å². The van der Waals surface area contributed by atoms with Gasteiger partial charge < -0.3 is 11.1 Å². The van der Waals surface area contributed by atoms with Gasteiger partial charge >= 0.3 is 0 Å². The van der Waals surface area contributed by atoms with Gasteiger partial charge in [0.2, 0.25) is 5.91 Å². The van der Waals surface area contributed by atoms with Crippen molar-refractivity contribution in [1.82, 2.24) is 5.32 Å². The molecular weight excluding hydrogens is 226 g/mol. The number of nitrogens with two attached hydrogens (primary N) is 1. The second-order valence-corrected chi connectivity index (χ2v) is 3.99. The molecule has 0 saturated carbocycles. The van der Waals surface area contributed by atoms with E-state index >= 15 is 0 Å². The highest BCUT2D eigenvalue weighted by Gasteiger charge is 2.07. The van der Waals surface area contributed by atoms with Crippen molar-refractivity contribution < 1.29 is 13.6 Å². The molecule has 17 heavy (non-hydrogen) atoms. The Morgan fingerprint density at radius 2 is 1.94 bits per heavy atom. The molecular formula is C12H16F2N2O. The van der Waals surface area contributed by atoms with E-state index in [2.05, 4.69) is 5.32 Å². The van der Waals surface area contributed by atoms with Crippen LogP contribution in [0.4, 0.5) is 8.78 Å². The van der Waals surface area contributed by atoms with Crippen molar-refractivity contribution in [2.24, 2.45) is 5.73 Å². The summed E-state index contributed by atoms with van der Waals surface area (Å²) in [6.45, 7) is 2.37. The highest BCUT2D eigenvalue weighted by molar-refractivity contribution is 5.74. The third-order valence-electron chi connectivity index (χ3n) is 2.39. The van der Waals surface area contributed by atoms with Crippen LogP contribution in [-0.4, -0.2) is 11.9 Å². The van der Waals surface area contributed by atoms with Gasteiger partial charge in [-0.05, 0) is 12.5 Å². The predicted molar refractivity (Wildman–Crippen MR) is 61.5 cm³/mol. The summed E-state index contributed by atoms with van der Waals surface area (Å²) in [5.41, 5.74) is 5.96. The number of rotatable bonds is 6. The summed E-state index contributed by atoms with van der Waals surface area (Å²) >= 11 is 0. The van der Waals surface area contributed by atoms with E-state index in [4.69, 9.17) is 5.73 Å². The van der Waals surface area contributed by atoms with Gasteiger partial charge in [0.05, 0.1) is 0 Å². The number of hydrogen-bond acceptors (Lipinski definition) is 2. The van der Waals surface area contributed by atoms with Crippen LogP contribution >= 0.6 is 0 Å². The molecule has 1 aromatic rings. The first-order valence-electron chi connectivity index (χ1n) is 5.37. The van der Waals surface area contributed by atoms with Gasteiger partial charge in [0.1, 0.15) is 0 Å². The predicted octanol–water partition coefficient (Wildman–Crippen LogP) is 1.98. The zero-order chi connectivity index (χ0) is 12.8. The molecule has 0 radical (unpaired) electrons. The number of carbonyl (C=O) groups excluding carboxylic acids is 1. The van der Waals surface area contributed by atoms with E-state index in [1.807, 2.05) is 6.92 Å². The smallest absolute Gasteiger partial charge is 0.263 e. The molecule has 1 aromatic carbocycles. The van der Waals surface area contributed by atoms with Crippen LogP contribution in [0.5, 0.6) is 0 Å². The van der Waals surface area contributed by atoms with Crippen molar-refractivity contribution in [2.45, 2.75) is 32.4 Å². The number of carbonyl (C=O) groups is 1. The van der Waals surface area contributed by atoms with Crippen molar-refractivity contribution in [1.29, 1.82) is 0 Å². The second-order valence-electron chi connectivity index (χ2n) is 3.99. The first-order valence-corrected chi connectivity index (χ1v) is 5.37. The SMILES string of the molecule is CC(CC(N)=O)NCc1ccc(C(F)F)cc1. The summed E-state index contributed by atoms with van der Waals surface area (Å²) in [5.74, 6) is -0.363. The Hall–Kier alpha value is -1.49. The molecule has 1 amide bonds. The topological polar surface area (TPSA) is 55.1 Å². The molecule has 0 aromatic heterocycles. The molecule has 3 nitrogen and oxygen atoms in total. The van der Waals surface area contributed by atoms with Crippen LogP contribution in [-0.2, 0) is 11.3 Å². The number of benzene rings is 1. The van der Waals surface area contributed by atoms with Crippen LogP contribution in [0.15, 0.2) is 24.3 Å². The first-order chi connectivity index (χ1) is 7.99. The molecule has 5 heteroatoms. The number of halogens is 2. The molecule has 0 spiro atoms. The van der Waals surface area contributed by atoms with E-state index in [9.17, 15) is 13.6 Å². The second kappa shape index (κ2) is 6.30. The monoisotopic (exact) mass is 242 g/mol. The molecule has 0 aliphatic heterocycles. The lowest BCUT2D eigenvalue weighted by atomic mass is 10.1. The molecule has 0 saturated heterocycles. The van der Waals surface area contributed by atoms with Gasteiger partial charge in [-0.2, -0.15) is 0 Å². The lowest BCUT2D eigenvalue weighted by molar-refractivity contribution is -0.118. The van der Waals surface area contributed by atoms with E-state index in [1.165, 1.54) is 12.1 Å². The van der Waals surface area contributed by atoms with Gasteiger partial charge in [-0.3, -0.25) is 4.79 Å². The molecule has 0 fully saturated rings. The Balaban J connectivity index is 2.44. The van der Waals surface area contributed by atoms with Crippen molar-refractivity contribution >= 4 is 5.91 Å². The van der Waals surface area contributed by atoms with E-state index in [0.717, 1.165) is 5.56 Å². The normalized spacial score (nSPS) is 12.7. The quantitative estimate of drug-likeness (QED) is 0.801. The summed E-state index contributed by atoms with van der Waals surface area (Å²) in [5, 5.41) is 3.09. The fourth-order valence-corrected chi connectivity index (χ4v) is 1.45. The molecule has 1 unspecified atom stereocenters.